The average molecular weight is 368 g/mol. The Morgan fingerprint density at radius 1 is 1.16 bits per heavy atom. The molecule has 0 fully saturated rings. The Morgan fingerprint density at radius 2 is 1.84 bits per heavy atom. The lowest BCUT2D eigenvalue weighted by atomic mass is 10.2. The molecule has 0 aliphatic heterocycles. The molecule has 0 unspecified atom stereocenters. The van der Waals surface area contributed by atoms with E-state index < -0.39 is 10.9 Å². The van der Waals surface area contributed by atoms with E-state index in [1.54, 1.807) is 0 Å². The van der Waals surface area contributed by atoms with Crippen molar-refractivity contribution in [1.82, 2.24) is 5.32 Å². The first kappa shape index (κ1) is 21.0. The number of non-ortho nitro benzene ring substituents is 1. The van der Waals surface area contributed by atoms with E-state index in [-0.39, 0.29) is 23.8 Å². The molecular formula is C17H24N2O5S. The van der Waals surface area contributed by atoms with Crippen LogP contribution in [0.25, 0.3) is 0 Å². The lowest BCUT2D eigenvalue weighted by Crippen LogP contribution is -2.25. The molecule has 0 atom stereocenters. The van der Waals surface area contributed by atoms with Gasteiger partial charge in [0.15, 0.2) is 0 Å². The van der Waals surface area contributed by atoms with Crippen molar-refractivity contribution in [2.75, 3.05) is 18.1 Å². The fourth-order valence-corrected chi connectivity index (χ4v) is 2.71. The maximum atomic E-state index is 11.7. The van der Waals surface area contributed by atoms with Crippen LogP contribution in [-0.2, 0) is 9.59 Å². The molecule has 0 spiro atoms. The molecule has 0 radical (unpaired) electrons. The van der Waals surface area contributed by atoms with Crippen LogP contribution >= 0.6 is 11.8 Å². The number of amides is 1. The predicted molar refractivity (Wildman–Crippen MR) is 97.8 cm³/mol. The number of nitro groups is 1. The Bertz CT molecular complexity index is 563. The Morgan fingerprint density at radius 3 is 2.48 bits per heavy atom. The van der Waals surface area contributed by atoms with Gasteiger partial charge in [0.25, 0.3) is 5.69 Å². The van der Waals surface area contributed by atoms with Gasteiger partial charge < -0.3 is 10.1 Å². The van der Waals surface area contributed by atoms with Crippen LogP contribution in [0.4, 0.5) is 5.69 Å². The molecule has 0 bridgehead atoms. The fraction of sp³-hybridized carbons (Fsp3) is 0.529. The van der Waals surface area contributed by atoms with Gasteiger partial charge in [-0.2, -0.15) is 11.8 Å². The Kier molecular flexibility index (Phi) is 10.3. The van der Waals surface area contributed by atoms with Gasteiger partial charge in [0.1, 0.15) is 5.75 Å². The van der Waals surface area contributed by atoms with Crippen molar-refractivity contribution < 1.29 is 19.2 Å². The van der Waals surface area contributed by atoms with Crippen LogP contribution in [0.5, 0.6) is 5.75 Å². The van der Waals surface area contributed by atoms with E-state index in [1.807, 2.05) is 11.8 Å². The summed E-state index contributed by atoms with van der Waals surface area (Å²) in [5.74, 6) is 1.89. The molecule has 1 N–H and O–H groups in total. The zero-order valence-electron chi connectivity index (χ0n) is 14.4. The third-order valence-electron chi connectivity index (χ3n) is 3.23. The Labute approximate surface area is 151 Å². The third kappa shape index (κ3) is 9.71. The van der Waals surface area contributed by atoms with Crippen molar-refractivity contribution in [2.24, 2.45) is 0 Å². The standard InChI is InChI=1S/C17H24N2O5S/c1-2-12-25-13-11-18-16(20)5-3-4-6-17(21)24-15-9-7-14(8-10-15)19(22)23/h7-10H,2-6,11-13H2,1H3,(H,18,20). The second kappa shape index (κ2) is 12.3. The molecule has 0 saturated heterocycles. The van der Waals surface area contributed by atoms with Crippen LogP contribution in [0.2, 0.25) is 0 Å². The molecule has 1 rings (SSSR count). The zero-order valence-corrected chi connectivity index (χ0v) is 15.2. The SMILES string of the molecule is CCCSCCNC(=O)CCCCC(=O)Oc1ccc([N+](=O)[O-])cc1. The molecule has 8 heteroatoms. The Balaban J connectivity index is 2.12. The molecule has 0 aliphatic carbocycles. The molecule has 0 heterocycles. The van der Waals surface area contributed by atoms with Gasteiger partial charge in [0, 0.05) is 37.3 Å². The molecule has 0 aromatic heterocycles. The number of benzene rings is 1. The number of rotatable bonds is 12. The van der Waals surface area contributed by atoms with E-state index in [0.29, 0.717) is 25.8 Å². The van der Waals surface area contributed by atoms with E-state index >= 15 is 0 Å². The number of hydrogen-bond acceptors (Lipinski definition) is 6. The van der Waals surface area contributed by atoms with Crippen molar-refractivity contribution in [2.45, 2.75) is 39.0 Å². The van der Waals surface area contributed by atoms with Gasteiger partial charge in [-0.15, -0.1) is 0 Å². The maximum absolute atomic E-state index is 11.7. The average Bonchev–Trinajstić information content (AvgIpc) is 2.59. The molecule has 1 aromatic rings. The number of nitrogens with zero attached hydrogens (tertiary/aromatic N) is 1. The number of thioether (sulfide) groups is 1. The summed E-state index contributed by atoms with van der Waals surface area (Å²) >= 11 is 1.82. The number of ether oxygens (including phenoxy) is 1. The summed E-state index contributed by atoms with van der Waals surface area (Å²) in [5.41, 5.74) is -0.0566. The minimum atomic E-state index is -0.515. The van der Waals surface area contributed by atoms with E-state index in [0.717, 1.165) is 17.9 Å². The first-order valence-electron chi connectivity index (χ1n) is 8.32. The zero-order chi connectivity index (χ0) is 18.5. The van der Waals surface area contributed by atoms with Gasteiger partial charge in [-0.3, -0.25) is 19.7 Å². The first-order valence-corrected chi connectivity index (χ1v) is 9.48. The molecule has 138 valence electrons. The molecule has 0 aliphatic rings. The topological polar surface area (TPSA) is 98.5 Å². The summed E-state index contributed by atoms with van der Waals surface area (Å²) in [6.45, 7) is 2.80. The summed E-state index contributed by atoms with van der Waals surface area (Å²) in [4.78, 5) is 33.3. The van der Waals surface area contributed by atoms with Gasteiger partial charge in [-0.25, -0.2) is 0 Å². The van der Waals surface area contributed by atoms with E-state index in [1.165, 1.54) is 24.3 Å². The van der Waals surface area contributed by atoms with Gasteiger partial charge in [0.2, 0.25) is 5.91 Å². The van der Waals surface area contributed by atoms with Crippen LogP contribution < -0.4 is 10.1 Å². The lowest BCUT2D eigenvalue weighted by molar-refractivity contribution is -0.384. The molecule has 7 nitrogen and oxygen atoms in total. The summed E-state index contributed by atoms with van der Waals surface area (Å²) < 4.78 is 5.09. The molecule has 25 heavy (non-hydrogen) atoms. The second-order valence-corrected chi connectivity index (χ2v) is 6.62. The molecule has 1 aromatic carbocycles. The van der Waals surface area contributed by atoms with Gasteiger partial charge in [-0.1, -0.05) is 6.92 Å². The summed E-state index contributed by atoms with van der Waals surface area (Å²) in [7, 11) is 0. The van der Waals surface area contributed by atoms with E-state index in [4.69, 9.17) is 4.74 Å². The van der Waals surface area contributed by atoms with Crippen LogP contribution in [0, 0.1) is 10.1 Å². The molecule has 0 saturated carbocycles. The van der Waals surface area contributed by atoms with Gasteiger partial charge in [-0.05, 0) is 37.1 Å². The normalized spacial score (nSPS) is 10.3. The maximum Gasteiger partial charge on any atom is 0.311 e. The van der Waals surface area contributed by atoms with Crippen molar-refractivity contribution in [3.63, 3.8) is 0 Å². The fourth-order valence-electron chi connectivity index (χ4n) is 1.97. The van der Waals surface area contributed by atoms with Crippen LogP contribution in [0.3, 0.4) is 0 Å². The summed E-state index contributed by atoms with van der Waals surface area (Å²) in [6, 6.07) is 5.34. The molecular weight excluding hydrogens is 344 g/mol. The number of unbranched alkanes of at least 4 members (excludes halogenated alkanes) is 1. The minimum Gasteiger partial charge on any atom is -0.427 e. The summed E-state index contributed by atoms with van der Waals surface area (Å²) in [6.07, 6.45) is 2.90. The number of carbonyl (C=O) groups excluding carboxylic acids is 2. The van der Waals surface area contributed by atoms with Gasteiger partial charge in [0.05, 0.1) is 4.92 Å². The lowest BCUT2D eigenvalue weighted by Gasteiger charge is -2.05. The number of esters is 1. The summed E-state index contributed by atoms with van der Waals surface area (Å²) in [5, 5.41) is 13.4. The molecule has 1 amide bonds. The quantitative estimate of drug-likeness (QED) is 0.200. The highest BCUT2D eigenvalue weighted by Crippen LogP contribution is 2.18. The van der Waals surface area contributed by atoms with Crippen molar-refractivity contribution >= 4 is 29.3 Å². The monoisotopic (exact) mass is 368 g/mol. The van der Waals surface area contributed by atoms with E-state index in [9.17, 15) is 19.7 Å². The van der Waals surface area contributed by atoms with Crippen molar-refractivity contribution in [3.8, 4) is 5.75 Å². The van der Waals surface area contributed by atoms with E-state index in [2.05, 4.69) is 12.2 Å². The smallest absolute Gasteiger partial charge is 0.311 e. The van der Waals surface area contributed by atoms with Crippen molar-refractivity contribution in [1.29, 1.82) is 0 Å². The third-order valence-corrected chi connectivity index (χ3v) is 4.42. The van der Waals surface area contributed by atoms with Crippen LogP contribution in [-0.4, -0.2) is 34.9 Å². The largest absolute Gasteiger partial charge is 0.427 e. The van der Waals surface area contributed by atoms with Gasteiger partial charge >= 0.3 is 5.97 Å². The highest BCUT2D eigenvalue weighted by Gasteiger charge is 2.09. The number of nitro benzene ring substituents is 1. The minimum absolute atomic E-state index is 0.000773. The second-order valence-electron chi connectivity index (χ2n) is 5.39. The van der Waals surface area contributed by atoms with Crippen molar-refractivity contribution in [3.05, 3.63) is 34.4 Å². The number of nitrogens with one attached hydrogen (secondary N) is 1. The number of carbonyl (C=O) groups is 2. The first-order chi connectivity index (χ1) is 12.0. The van der Waals surface area contributed by atoms with Crippen LogP contribution in [0.15, 0.2) is 24.3 Å². The highest BCUT2D eigenvalue weighted by molar-refractivity contribution is 7.99. The van der Waals surface area contributed by atoms with Crippen LogP contribution in [0.1, 0.15) is 39.0 Å². The predicted octanol–water partition coefficient (Wildman–Crippen LogP) is 3.32. The Hall–Kier alpha value is -2.09. The highest BCUT2D eigenvalue weighted by atomic mass is 32.2. The number of hydrogen-bond donors (Lipinski definition) is 1.